The summed E-state index contributed by atoms with van der Waals surface area (Å²) in [7, 11) is 0. The maximum absolute atomic E-state index is 12.1. The first-order valence-corrected chi connectivity index (χ1v) is 8.26. The van der Waals surface area contributed by atoms with Gasteiger partial charge in [-0.15, -0.1) is 0 Å². The van der Waals surface area contributed by atoms with Crippen LogP contribution >= 0.6 is 11.6 Å². The van der Waals surface area contributed by atoms with Gasteiger partial charge in [-0.1, -0.05) is 11.6 Å². The number of carbonyl (C=O) groups is 1. The lowest BCUT2D eigenvalue weighted by molar-refractivity contribution is -0.116. The molecule has 7 heteroatoms. The van der Waals surface area contributed by atoms with Gasteiger partial charge in [0.2, 0.25) is 5.91 Å². The number of aromatic nitrogens is 1. The number of halogens is 1. The number of benzene rings is 2. The molecular weight excluding hydrogens is 344 g/mol. The van der Waals surface area contributed by atoms with Crippen LogP contribution in [0.15, 0.2) is 51.7 Å². The van der Waals surface area contributed by atoms with Gasteiger partial charge in [-0.05, 0) is 49.4 Å². The van der Waals surface area contributed by atoms with Gasteiger partial charge in [0.05, 0.1) is 12.1 Å². The molecule has 0 bridgehead atoms. The second kappa shape index (κ2) is 7.44. The van der Waals surface area contributed by atoms with Gasteiger partial charge in [-0.3, -0.25) is 9.36 Å². The Morgan fingerprint density at radius 2 is 2.00 bits per heavy atom. The van der Waals surface area contributed by atoms with Crippen LogP contribution in [0.1, 0.15) is 13.3 Å². The van der Waals surface area contributed by atoms with Crippen molar-refractivity contribution >= 4 is 34.3 Å². The minimum Gasteiger partial charge on any atom is -0.494 e. The second-order valence-corrected chi connectivity index (χ2v) is 5.82. The van der Waals surface area contributed by atoms with E-state index in [2.05, 4.69) is 5.32 Å². The van der Waals surface area contributed by atoms with Crippen molar-refractivity contribution in [3.05, 3.63) is 58.0 Å². The minimum absolute atomic E-state index is 0.133. The molecule has 3 rings (SSSR count). The second-order valence-electron chi connectivity index (χ2n) is 5.39. The fourth-order valence-electron chi connectivity index (χ4n) is 2.49. The molecule has 0 aliphatic carbocycles. The highest BCUT2D eigenvalue weighted by molar-refractivity contribution is 6.31. The molecule has 0 saturated heterocycles. The number of hydrogen-bond acceptors (Lipinski definition) is 4. The van der Waals surface area contributed by atoms with Gasteiger partial charge in [0, 0.05) is 23.7 Å². The fraction of sp³-hybridized carbons (Fsp3) is 0.222. The average molecular weight is 361 g/mol. The van der Waals surface area contributed by atoms with Crippen LogP contribution in [0.5, 0.6) is 5.75 Å². The summed E-state index contributed by atoms with van der Waals surface area (Å²) in [6, 6.07) is 12.0. The van der Waals surface area contributed by atoms with Crippen LogP contribution in [-0.2, 0) is 11.3 Å². The first-order valence-electron chi connectivity index (χ1n) is 7.88. The van der Waals surface area contributed by atoms with E-state index in [9.17, 15) is 9.59 Å². The number of rotatable bonds is 6. The Morgan fingerprint density at radius 1 is 1.24 bits per heavy atom. The van der Waals surface area contributed by atoms with Crippen LogP contribution in [-0.4, -0.2) is 17.1 Å². The van der Waals surface area contributed by atoms with E-state index in [0.29, 0.717) is 28.4 Å². The Labute approximate surface area is 149 Å². The van der Waals surface area contributed by atoms with Crippen LogP contribution in [0.3, 0.4) is 0 Å². The van der Waals surface area contributed by atoms with E-state index in [1.165, 1.54) is 4.57 Å². The van der Waals surface area contributed by atoms with Gasteiger partial charge < -0.3 is 14.5 Å². The molecular formula is C18H17ClN2O4. The fourth-order valence-corrected chi connectivity index (χ4v) is 2.65. The van der Waals surface area contributed by atoms with Crippen molar-refractivity contribution < 1.29 is 13.9 Å². The van der Waals surface area contributed by atoms with Gasteiger partial charge in [-0.25, -0.2) is 4.79 Å². The maximum atomic E-state index is 12.1. The van der Waals surface area contributed by atoms with Crippen LogP contribution in [0.4, 0.5) is 5.69 Å². The standard InChI is InChI=1S/C18H17ClN2O4/c1-2-24-14-6-4-13(5-7-14)20-17(22)9-10-21-15-11-12(19)3-8-16(15)25-18(21)23/h3-8,11H,2,9-10H2,1H3,(H,20,22). The van der Waals surface area contributed by atoms with Crippen LogP contribution in [0.25, 0.3) is 11.1 Å². The number of hydrogen-bond donors (Lipinski definition) is 1. The van der Waals surface area contributed by atoms with E-state index in [0.717, 1.165) is 5.75 Å². The van der Waals surface area contributed by atoms with Crippen molar-refractivity contribution in [1.82, 2.24) is 4.57 Å². The Bertz CT molecular complexity index is 944. The summed E-state index contributed by atoms with van der Waals surface area (Å²) in [5, 5.41) is 3.29. The van der Waals surface area contributed by atoms with Gasteiger partial charge in [0.25, 0.3) is 0 Å². The summed E-state index contributed by atoms with van der Waals surface area (Å²) in [6.45, 7) is 2.70. The van der Waals surface area contributed by atoms with E-state index in [1.54, 1.807) is 42.5 Å². The third-order valence-corrected chi connectivity index (χ3v) is 3.88. The SMILES string of the molecule is CCOc1ccc(NC(=O)CCn2c(=O)oc3ccc(Cl)cc32)cc1. The maximum Gasteiger partial charge on any atom is 0.419 e. The lowest BCUT2D eigenvalue weighted by atomic mass is 10.3. The molecule has 0 spiro atoms. The van der Waals surface area contributed by atoms with Crippen molar-refractivity contribution in [2.45, 2.75) is 19.9 Å². The predicted octanol–water partition coefficient (Wildman–Crippen LogP) is 3.68. The summed E-state index contributed by atoms with van der Waals surface area (Å²) >= 11 is 5.96. The molecule has 0 saturated carbocycles. The number of fused-ring (bicyclic) bond motifs is 1. The van der Waals surface area contributed by atoms with Crippen molar-refractivity contribution in [3.63, 3.8) is 0 Å². The largest absolute Gasteiger partial charge is 0.494 e. The molecule has 1 aromatic heterocycles. The van der Waals surface area contributed by atoms with Gasteiger partial charge >= 0.3 is 5.76 Å². The molecule has 25 heavy (non-hydrogen) atoms. The van der Waals surface area contributed by atoms with Crippen molar-refractivity contribution in [2.75, 3.05) is 11.9 Å². The topological polar surface area (TPSA) is 73.5 Å². The van der Waals surface area contributed by atoms with Crippen LogP contribution in [0, 0.1) is 0 Å². The molecule has 6 nitrogen and oxygen atoms in total. The molecule has 1 N–H and O–H groups in total. The average Bonchev–Trinajstić information content (AvgIpc) is 2.90. The lowest BCUT2D eigenvalue weighted by Gasteiger charge is -2.07. The molecule has 0 radical (unpaired) electrons. The number of nitrogens with one attached hydrogen (secondary N) is 1. The number of aryl methyl sites for hydroxylation is 1. The Hall–Kier alpha value is -2.73. The number of amides is 1. The Balaban J connectivity index is 1.65. The molecule has 1 amide bonds. The Kier molecular flexibility index (Phi) is 5.09. The number of ether oxygens (including phenoxy) is 1. The van der Waals surface area contributed by atoms with Crippen molar-refractivity contribution in [3.8, 4) is 5.75 Å². The van der Waals surface area contributed by atoms with E-state index in [-0.39, 0.29) is 18.9 Å². The highest BCUT2D eigenvalue weighted by atomic mass is 35.5. The highest BCUT2D eigenvalue weighted by Crippen LogP contribution is 2.19. The first kappa shape index (κ1) is 17.1. The van der Waals surface area contributed by atoms with Gasteiger partial charge in [-0.2, -0.15) is 0 Å². The van der Waals surface area contributed by atoms with Crippen LogP contribution < -0.4 is 15.8 Å². The molecule has 2 aromatic carbocycles. The van der Waals surface area contributed by atoms with Gasteiger partial charge in [0.15, 0.2) is 5.58 Å². The third kappa shape index (κ3) is 4.03. The summed E-state index contributed by atoms with van der Waals surface area (Å²) in [6.07, 6.45) is 0.133. The van der Waals surface area contributed by atoms with E-state index in [4.69, 9.17) is 20.8 Å². The van der Waals surface area contributed by atoms with Crippen molar-refractivity contribution in [2.24, 2.45) is 0 Å². The molecule has 0 fully saturated rings. The number of oxazole rings is 1. The molecule has 3 aromatic rings. The molecule has 0 aliphatic rings. The zero-order chi connectivity index (χ0) is 17.8. The lowest BCUT2D eigenvalue weighted by Crippen LogP contribution is -2.19. The summed E-state index contributed by atoms with van der Waals surface area (Å²) in [5.74, 6) is 0.0346. The normalized spacial score (nSPS) is 10.8. The summed E-state index contributed by atoms with van der Waals surface area (Å²) in [4.78, 5) is 24.0. The first-order chi connectivity index (χ1) is 12.1. The molecule has 1 heterocycles. The Morgan fingerprint density at radius 3 is 2.72 bits per heavy atom. The van der Waals surface area contributed by atoms with E-state index < -0.39 is 5.76 Å². The summed E-state index contributed by atoms with van der Waals surface area (Å²) < 4.78 is 11.9. The monoisotopic (exact) mass is 360 g/mol. The quantitative estimate of drug-likeness (QED) is 0.727. The molecule has 0 unspecified atom stereocenters. The van der Waals surface area contributed by atoms with Crippen LogP contribution in [0.2, 0.25) is 5.02 Å². The number of anilines is 1. The smallest absolute Gasteiger partial charge is 0.419 e. The highest BCUT2D eigenvalue weighted by Gasteiger charge is 2.11. The zero-order valence-electron chi connectivity index (χ0n) is 13.6. The number of carbonyl (C=O) groups excluding carboxylic acids is 1. The molecule has 130 valence electrons. The number of nitrogens with zero attached hydrogens (tertiary/aromatic N) is 1. The van der Waals surface area contributed by atoms with E-state index in [1.807, 2.05) is 6.92 Å². The van der Waals surface area contributed by atoms with Crippen molar-refractivity contribution in [1.29, 1.82) is 0 Å². The zero-order valence-corrected chi connectivity index (χ0v) is 14.4. The van der Waals surface area contributed by atoms with Gasteiger partial charge in [0.1, 0.15) is 5.75 Å². The summed E-state index contributed by atoms with van der Waals surface area (Å²) in [5.41, 5.74) is 1.69. The van der Waals surface area contributed by atoms with E-state index >= 15 is 0 Å². The minimum atomic E-state index is -0.508. The third-order valence-electron chi connectivity index (χ3n) is 3.64. The molecule has 0 atom stereocenters. The molecule has 0 aliphatic heterocycles. The predicted molar refractivity (Wildman–Crippen MR) is 96.3 cm³/mol.